The number of hydrogen-bond acceptors (Lipinski definition) is 10. The van der Waals surface area contributed by atoms with Gasteiger partial charge in [0.1, 0.15) is 11.4 Å². The molecule has 246 valence electrons. The predicted molar refractivity (Wildman–Crippen MR) is 170 cm³/mol. The van der Waals surface area contributed by atoms with E-state index in [9.17, 15) is 0 Å². The molecule has 6 rings (SSSR count). The van der Waals surface area contributed by atoms with Gasteiger partial charge in [-0.3, -0.25) is 9.80 Å². The maximum absolute atomic E-state index is 9.10. The number of aliphatic carboxylic acids is 2. The van der Waals surface area contributed by atoms with Crippen LogP contribution in [0.25, 0.3) is 22.5 Å². The summed E-state index contributed by atoms with van der Waals surface area (Å²) >= 11 is 0. The second kappa shape index (κ2) is 19.1. The lowest BCUT2D eigenvalue weighted by atomic mass is 10.2. The quantitative estimate of drug-likeness (QED) is 0.246. The summed E-state index contributed by atoms with van der Waals surface area (Å²) in [5.74, 6) is -3.65. The van der Waals surface area contributed by atoms with Crippen LogP contribution < -0.4 is 0 Å². The summed E-state index contributed by atoms with van der Waals surface area (Å²) in [5.41, 5.74) is 4.12. The SMILES string of the molecule is O=C(O)C(=O)O.c1ccc(-c2cnn(CCCN3CCOCC3)n2)cc1.c1ccc(-c2cnn(CCCN3CCOCC3)n2)cc1. The molecular weight excluding hydrogens is 592 g/mol. The Labute approximate surface area is 268 Å². The zero-order valence-electron chi connectivity index (χ0n) is 25.9. The van der Waals surface area contributed by atoms with Crippen LogP contribution >= 0.6 is 0 Å². The standard InChI is InChI=1S/2C15H20N4O.C2H2O4/c2*1-2-5-14(6-3-1)15-13-16-19(17-15)8-4-7-18-9-11-20-12-10-18;3-1(4)2(5)6/h2*1-3,5-6,13H,4,7-12H2;(H,3,4)(H,5,6). The largest absolute Gasteiger partial charge is 0.473 e. The number of ether oxygens (including phenoxy) is 2. The van der Waals surface area contributed by atoms with Crippen molar-refractivity contribution >= 4 is 11.9 Å². The minimum Gasteiger partial charge on any atom is -0.473 e. The summed E-state index contributed by atoms with van der Waals surface area (Å²) in [5, 5.41) is 32.5. The number of aromatic nitrogens is 6. The molecule has 0 amide bonds. The number of aryl methyl sites for hydroxylation is 2. The van der Waals surface area contributed by atoms with Gasteiger partial charge in [0.05, 0.1) is 51.9 Å². The van der Waals surface area contributed by atoms with E-state index in [4.69, 9.17) is 29.3 Å². The topological polar surface area (TPSA) is 161 Å². The number of benzene rings is 2. The van der Waals surface area contributed by atoms with E-state index < -0.39 is 11.9 Å². The molecule has 2 aromatic carbocycles. The minimum absolute atomic E-state index is 0.859. The maximum Gasteiger partial charge on any atom is 0.414 e. The summed E-state index contributed by atoms with van der Waals surface area (Å²) in [7, 11) is 0. The number of carboxylic acid groups (broad SMARTS) is 2. The number of carboxylic acids is 2. The van der Waals surface area contributed by atoms with Crippen molar-refractivity contribution in [3.63, 3.8) is 0 Å². The van der Waals surface area contributed by atoms with E-state index in [1.54, 1.807) is 9.59 Å². The fourth-order valence-electron chi connectivity index (χ4n) is 4.81. The Hall–Kier alpha value is -4.50. The minimum atomic E-state index is -1.82. The predicted octanol–water partition coefficient (Wildman–Crippen LogP) is 2.49. The summed E-state index contributed by atoms with van der Waals surface area (Å²) in [6.45, 7) is 11.5. The molecule has 2 N–H and O–H groups in total. The van der Waals surface area contributed by atoms with Crippen LogP contribution in [0, 0.1) is 0 Å². The molecule has 14 heteroatoms. The van der Waals surface area contributed by atoms with Crippen molar-refractivity contribution in [1.29, 1.82) is 0 Å². The Balaban J connectivity index is 0.000000178. The Kier molecular flexibility index (Phi) is 14.3. The van der Waals surface area contributed by atoms with E-state index in [-0.39, 0.29) is 0 Å². The second-order valence-electron chi connectivity index (χ2n) is 10.6. The number of hydrogen-bond donors (Lipinski definition) is 2. The van der Waals surface area contributed by atoms with Crippen LogP contribution in [0.3, 0.4) is 0 Å². The zero-order chi connectivity index (χ0) is 32.4. The smallest absolute Gasteiger partial charge is 0.414 e. The van der Waals surface area contributed by atoms with Gasteiger partial charge in [-0.2, -0.15) is 30.0 Å². The molecule has 0 aliphatic carbocycles. The highest BCUT2D eigenvalue weighted by Gasteiger charge is 2.11. The highest BCUT2D eigenvalue weighted by Crippen LogP contribution is 2.15. The molecule has 2 aromatic heterocycles. The average Bonchev–Trinajstić information content (AvgIpc) is 3.78. The van der Waals surface area contributed by atoms with Gasteiger partial charge < -0.3 is 19.7 Å². The monoisotopic (exact) mass is 634 g/mol. The summed E-state index contributed by atoms with van der Waals surface area (Å²) < 4.78 is 10.7. The first-order valence-corrected chi connectivity index (χ1v) is 15.5. The summed E-state index contributed by atoms with van der Waals surface area (Å²) in [4.78, 5) is 26.7. The molecule has 0 unspecified atom stereocenters. The molecule has 0 atom stereocenters. The van der Waals surface area contributed by atoms with E-state index in [2.05, 4.69) is 54.5 Å². The Morgan fingerprint density at radius 2 is 0.957 bits per heavy atom. The van der Waals surface area contributed by atoms with Gasteiger partial charge in [-0.15, -0.1) is 0 Å². The Bertz CT molecular complexity index is 1330. The molecule has 14 nitrogen and oxygen atoms in total. The van der Waals surface area contributed by atoms with Crippen molar-refractivity contribution < 1.29 is 29.3 Å². The van der Waals surface area contributed by atoms with Gasteiger partial charge in [0.2, 0.25) is 0 Å². The van der Waals surface area contributed by atoms with Crippen LogP contribution in [0.5, 0.6) is 0 Å². The van der Waals surface area contributed by atoms with Crippen molar-refractivity contribution in [1.82, 2.24) is 39.8 Å². The van der Waals surface area contributed by atoms with Gasteiger partial charge in [0.15, 0.2) is 0 Å². The molecule has 2 fully saturated rings. The van der Waals surface area contributed by atoms with Crippen LogP contribution in [0.4, 0.5) is 0 Å². The molecule has 4 heterocycles. The van der Waals surface area contributed by atoms with E-state index in [0.717, 1.165) is 114 Å². The normalized spacial score (nSPS) is 15.2. The number of carbonyl (C=O) groups is 2. The Morgan fingerprint density at radius 3 is 1.30 bits per heavy atom. The van der Waals surface area contributed by atoms with Crippen LogP contribution in [0.15, 0.2) is 73.1 Å². The molecule has 46 heavy (non-hydrogen) atoms. The first-order chi connectivity index (χ1) is 22.5. The highest BCUT2D eigenvalue weighted by atomic mass is 16.5. The van der Waals surface area contributed by atoms with Crippen molar-refractivity contribution in [2.75, 3.05) is 65.7 Å². The van der Waals surface area contributed by atoms with Crippen molar-refractivity contribution in [3.05, 3.63) is 73.1 Å². The zero-order valence-corrected chi connectivity index (χ0v) is 25.9. The van der Waals surface area contributed by atoms with E-state index in [1.807, 2.05) is 48.8 Å². The van der Waals surface area contributed by atoms with Gasteiger partial charge in [-0.1, -0.05) is 60.7 Å². The molecule has 2 aliphatic rings. The third-order valence-corrected chi connectivity index (χ3v) is 7.27. The van der Waals surface area contributed by atoms with E-state index in [1.165, 1.54) is 0 Å². The molecular formula is C32H42N8O6. The average molecular weight is 635 g/mol. The Morgan fingerprint density at radius 1 is 0.587 bits per heavy atom. The maximum atomic E-state index is 9.10. The number of morpholine rings is 2. The number of nitrogens with zero attached hydrogens (tertiary/aromatic N) is 8. The molecule has 0 bridgehead atoms. The summed E-state index contributed by atoms with van der Waals surface area (Å²) in [6, 6.07) is 20.3. The molecule has 2 aliphatic heterocycles. The fourth-order valence-corrected chi connectivity index (χ4v) is 4.81. The van der Waals surface area contributed by atoms with Crippen molar-refractivity contribution in [3.8, 4) is 22.5 Å². The lowest BCUT2D eigenvalue weighted by Gasteiger charge is -2.26. The van der Waals surface area contributed by atoms with E-state index in [0.29, 0.717) is 0 Å². The van der Waals surface area contributed by atoms with Gasteiger partial charge in [-0.05, 0) is 12.8 Å². The molecule has 2 saturated heterocycles. The summed E-state index contributed by atoms with van der Waals surface area (Å²) in [6.07, 6.45) is 5.82. The first kappa shape index (κ1) is 34.4. The van der Waals surface area contributed by atoms with E-state index >= 15 is 0 Å². The fraction of sp³-hybridized carbons (Fsp3) is 0.438. The van der Waals surface area contributed by atoms with Crippen LogP contribution in [0.1, 0.15) is 12.8 Å². The third-order valence-electron chi connectivity index (χ3n) is 7.27. The van der Waals surface area contributed by atoms with Crippen molar-refractivity contribution in [2.24, 2.45) is 0 Å². The van der Waals surface area contributed by atoms with Gasteiger partial charge in [0, 0.05) is 50.4 Å². The molecule has 0 spiro atoms. The molecule has 4 aromatic rings. The number of rotatable bonds is 10. The van der Waals surface area contributed by atoms with Crippen LogP contribution in [-0.4, -0.2) is 128 Å². The highest BCUT2D eigenvalue weighted by molar-refractivity contribution is 6.27. The molecule has 0 saturated carbocycles. The van der Waals surface area contributed by atoms with Gasteiger partial charge in [-0.25, -0.2) is 9.59 Å². The van der Waals surface area contributed by atoms with Crippen molar-refractivity contribution in [2.45, 2.75) is 25.9 Å². The first-order valence-electron chi connectivity index (χ1n) is 15.5. The second-order valence-corrected chi connectivity index (χ2v) is 10.6. The van der Waals surface area contributed by atoms with Crippen LogP contribution in [-0.2, 0) is 32.2 Å². The lowest BCUT2D eigenvalue weighted by Crippen LogP contribution is -2.37. The van der Waals surface area contributed by atoms with Gasteiger partial charge in [0.25, 0.3) is 0 Å². The lowest BCUT2D eigenvalue weighted by molar-refractivity contribution is -0.159. The van der Waals surface area contributed by atoms with Gasteiger partial charge >= 0.3 is 11.9 Å². The molecule has 0 radical (unpaired) electrons. The van der Waals surface area contributed by atoms with Crippen LogP contribution in [0.2, 0.25) is 0 Å². The third kappa shape index (κ3) is 12.1.